The van der Waals surface area contributed by atoms with Gasteiger partial charge in [0.05, 0.1) is 6.61 Å². The molecule has 3 nitrogen and oxygen atoms in total. The summed E-state index contributed by atoms with van der Waals surface area (Å²) in [5.74, 6) is -0.215. The van der Waals surface area contributed by atoms with Crippen LogP contribution in [0.4, 0.5) is 10.1 Å². The van der Waals surface area contributed by atoms with Crippen LogP contribution >= 0.6 is 0 Å². The quantitative estimate of drug-likeness (QED) is 0.760. The van der Waals surface area contributed by atoms with Gasteiger partial charge in [0.2, 0.25) is 0 Å². The zero-order valence-electron chi connectivity index (χ0n) is 12.1. The van der Waals surface area contributed by atoms with E-state index in [9.17, 15) is 9.50 Å². The minimum Gasteiger partial charge on any atom is -0.394 e. The molecule has 0 amide bonds. The summed E-state index contributed by atoms with van der Waals surface area (Å²) in [5.41, 5.74) is 0.753. The smallest absolute Gasteiger partial charge is 0.123 e. The van der Waals surface area contributed by atoms with Crippen LogP contribution in [0.15, 0.2) is 24.3 Å². The molecule has 0 fully saturated rings. The minimum absolute atomic E-state index is 0.113. The number of hydrogen-bond acceptors (Lipinski definition) is 3. The second kappa shape index (κ2) is 7.46. The third-order valence-electron chi connectivity index (χ3n) is 3.46. The largest absolute Gasteiger partial charge is 0.394 e. The van der Waals surface area contributed by atoms with Crippen molar-refractivity contribution >= 4 is 5.69 Å². The van der Waals surface area contributed by atoms with Crippen molar-refractivity contribution in [3.8, 4) is 0 Å². The summed E-state index contributed by atoms with van der Waals surface area (Å²) in [7, 11) is 0. The average Bonchev–Trinajstić information content (AvgIpc) is 2.41. The van der Waals surface area contributed by atoms with Crippen molar-refractivity contribution < 1.29 is 9.50 Å². The number of anilines is 1. The molecular weight excluding hydrogens is 243 g/mol. The highest BCUT2D eigenvalue weighted by atomic mass is 19.1. The van der Waals surface area contributed by atoms with Crippen LogP contribution in [-0.4, -0.2) is 36.9 Å². The maximum Gasteiger partial charge on any atom is 0.123 e. The molecule has 4 heteroatoms. The highest BCUT2D eigenvalue weighted by molar-refractivity contribution is 5.46. The molecule has 1 unspecified atom stereocenters. The Bertz CT molecular complexity index is 369. The molecular formula is C15H25FN2O. The molecule has 0 aliphatic rings. The van der Waals surface area contributed by atoms with E-state index in [1.807, 2.05) is 13.8 Å². The number of benzene rings is 1. The van der Waals surface area contributed by atoms with Crippen LogP contribution in [0.1, 0.15) is 27.2 Å². The first-order valence-corrected chi connectivity index (χ1v) is 6.91. The molecule has 1 aromatic rings. The standard InChI is InChI=1S/C15H25FN2O/c1-4-17-15(3,12-19)10-11-18(5-2)14-8-6-13(16)7-9-14/h6-9,17,19H,4-5,10-12H2,1-3H3. The van der Waals surface area contributed by atoms with Crippen molar-refractivity contribution in [3.05, 3.63) is 30.1 Å². The molecule has 0 spiro atoms. The van der Waals surface area contributed by atoms with Crippen LogP contribution in [0.25, 0.3) is 0 Å². The Labute approximate surface area is 115 Å². The minimum atomic E-state index is -0.262. The van der Waals surface area contributed by atoms with Gasteiger partial charge in [-0.25, -0.2) is 4.39 Å². The number of likely N-dealkylation sites (N-methyl/N-ethyl adjacent to an activating group) is 1. The van der Waals surface area contributed by atoms with Crippen LogP contribution in [0.5, 0.6) is 0 Å². The van der Waals surface area contributed by atoms with Gasteiger partial charge in [0, 0.05) is 24.3 Å². The fourth-order valence-electron chi connectivity index (χ4n) is 2.15. The molecule has 0 aliphatic carbocycles. The van der Waals surface area contributed by atoms with Crippen molar-refractivity contribution in [1.29, 1.82) is 0 Å². The van der Waals surface area contributed by atoms with Crippen molar-refractivity contribution in [2.24, 2.45) is 0 Å². The number of aliphatic hydroxyl groups is 1. The number of hydrogen-bond donors (Lipinski definition) is 2. The zero-order chi connectivity index (χ0) is 14.3. The Balaban J connectivity index is 2.64. The summed E-state index contributed by atoms with van der Waals surface area (Å²) in [4.78, 5) is 2.19. The summed E-state index contributed by atoms with van der Waals surface area (Å²) in [6.07, 6.45) is 0.836. The van der Waals surface area contributed by atoms with E-state index in [0.717, 1.165) is 31.7 Å². The Morgan fingerprint density at radius 2 is 1.89 bits per heavy atom. The van der Waals surface area contributed by atoms with Gasteiger partial charge in [0.15, 0.2) is 0 Å². The molecule has 0 aromatic heterocycles. The van der Waals surface area contributed by atoms with Crippen molar-refractivity contribution in [3.63, 3.8) is 0 Å². The lowest BCUT2D eigenvalue weighted by Gasteiger charge is -2.32. The van der Waals surface area contributed by atoms with E-state index in [1.54, 1.807) is 12.1 Å². The van der Waals surface area contributed by atoms with Gasteiger partial charge in [-0.1, -0.05) is 6.92 Å². The van der Waals surface area contributed by atoms with Gasteiger partial charge < -0.3 is 15.3 Å². The lowest BCUT2D eigenvalue weighted by atomic mass is 9.98. The zero-order valence-corrected chi connectivity index (χ0v) is 12.1. The number of halogens is 1. The number of aliphatic hydroxyl groups excluding tert-OH is 1. The molecule has 0 heterocycles. The van der Waals surface area contributed by atoms with Gasteiger partial charge >= 0.3 is 0 Å². The molecule has 0 saturated heterocycles. The van der Waals surface area contributed by atoms with Crippen LogP contribution in [0.3, 0.4) is 0 Å². The van der Waals surface area contributed by atoms with Crippen molar-refractivity contribution in [2.75, 3.05) is 31.1 Å². The van der Waals surface area contributed by atoms with Gasteiger partial charge in [-0.15, -0.1) is 0 Å². The van der Waals surface area contributed by atoms with E-state index in [-0.39, 0.29) is 18.0 Å². The van der Waals surface area contributed by atoms with E-state index in [0.29, 0.717) is 0 Å². The predicted molar refractivity (Wildman–Crippen MR) is 78.1 cm³/mol. The lowest BCUT2D eigenvalue weighted by Crippen LogP contribution is -2.48. The van der Waals surface area contributed by atoms with Crippen molar-refractivity contribution in [1.82, 2.24) is 5.32 Å². The monoisotopic (exact) mass is 268 g/mol. The predicted octanol–water partition coefficient (Wildman–Crippen LogP) is 2.40. The van der Waals surface area contributed by atoms with Crippen LogP contribution in [0, 0.1) is 5.82 Å². The van der Waals surface area contributed by atoms with E-state index < -0.39 is 0 Å². The molecule has 1 rings (SSSR count). The number of rotatable bonds is 8. The fraction of sp³-hybridized carbons (Fsp3) is 0.600. The fourth-order valence-corrected chi connectivity index (χ4v) is 2.15. The molecule has 1 atom stereocenters. The second-order valence-electron chi connectivity index (χ2n) is 5.06. The van der Waals surface area contributed by atoms with Crippen LogP contribution in [-0.2, 0) is 0 Å². The first-order valence-electron chi connectivity index (χ1n) is 6.91. The molecule has 2 N–H and O–H groups in total. The van der Waals surface area contributed by atoms with Gasteiger partial charge in [-0.05, 0) is 51.1 Å². The average molecular weight is 268 g/mol. The summed E-state index contributed by atoms with van der Waals surface area (Å²) in [5, 5.41) is 12.8. The van der Waals surface area contributed by atoms with Gasteiger partial charge in [0.1, 0.15) is 5.82 Å². The topological polar surface area (TPSA) is 35.5 Å². The highest BCUT2D eigenvalue weighted by Gasteiger charge is 2.22. The van der Waals surface area contributed by atoms with Gasteiger partial charge in [-0.2, -0.15) is 0 Å². The van der Waals surface area contributed by atoms with Crippen LogP contribution < -0.4 is 10.2 Å². The third-order valence-corrected chi connectivity index (χ3v) is 3.46. The SMILES string of the molecule is CCNC(C)(CO)CCN(CC)c1ccc(F)cc1. The highest BCUT2D eigenvalue weighted by Crippen LogP contribution is 2.17. The molecule has 0 saturated carbocycles. The maximum atomic E-state index is 12.9. The Kier molecular flexibility index (Phi) is 6.25. The van der Waals surface area contributed by atoms with E-state index >= 15 is 0 Å². The molecule has 19 heavy (non-hydrogen) atoms. The maximum absolute atomic E-state index is 12.9. The molecule has 0 radical (unpaired) electrons. The Morgan fingerprint density at radius 3 is 2.37 bits per heavy atom. The summed E-state index contributed by atoms with van der Waals surface area (Å²) in [6, 6.07) is 6.55. The summed E-state index contributed by atoms with van der Waals surface area (Å²) < 4.78 is 12.9. The molecule has 1 aromatic carbocycles. The normalized spacial score (nSPS) is 14.2. The molecule has 0 aliphatic heterocycles. The first kappa shape index (κ1) is 15.9. The second-order valence-corrected chi connectivity index (χ2v) is 5.06. The molecule has 108 valence electrons. The lowest BCUT2D eigenvalue weighted by molar-refractivity contribution is 0.169. The van der Waals surface area contributed by atoms with Gasteiger partial charge in [-0.3, -0.25) is 0 Å². The number of nitrogens with one attached hydrogen (secondary N) is 1. The summed E-state index contributed by atoms with van der Waals surface area (Å²) in [6.45, 7) is 8.76. The van der Waals surface area contributed by atoms with Gasteiger partial charge in [0.25, 0.3) is 0 Å². The van der Waals surface area contributed by atoms with E-state index in [2.05, 4.69) is 17.1 Å². The Morgan fingerprint density at radius 1 is 1.26 bits per heavy atom. The third kappa shape index (κ3) is 4.80. The van der Waals surface area contributed by atoms with Crippen molar-refractivity contribution in [2.45, 2.75) is 32.7 Å². The number of nitrogens with zero attached hydrogens (tertiary/aromatic N) is 1. The Hall–Kier alpha value is -1.13. The van der Waals surface area contributed by atoms with Crippen LogP contribution in [0.2, 0.25) is 0 Å². The van der Waals surface area contributed by atoms with E-state index in [1.165, 1.54) is 12.1 Å². The summed E-state index contributed by atoms with van der Waals surface area (Å²) >= 11 is 0. The first-order chi connectivity index (χ1) is 9.04. The molecule has 0 bridgehead atoms. The van der Waals surface area contributed by atoms with E-state index in [4.69, 9.17) is 0 Å².